The van der Waals surface area contributed by atoms with Gasteiger partial charge in [0, 0.05) is 12.5 Å². The highest BCUT2D eigenvalue weighted by atomic mass is 32.2. The smallest absolute Gasteiger partial charge is 0.200 e. The van der Waals surface area contributed by atoms with Crippen LogP contribution in [0.4, 0.5) is 0 Å². The average Bonchev–Trinajstić information content (AvgIpc) is 3.36. The topological polar surface area (TPSA) is 69.6 Å². The minimum atomic E-state index is 0.426. The molecular formula is C16H19N5OS2. The van der Waals surface area contributed by atoms with E-state index in [0.29, 0.717) is 6.04 Å². The number of furan rings is 1. The van der Waals surface area contributed by atoms with Crippen LogP contribution in [0.1, 0.15) is 50.9 Å². The summed E-state index contributed by atoms with van der Waals surface area (Å²) in [5, 5.41) is 9.73. The zero-order chi connectivity index (χ0) is 16.4. The summed E-state index contributed by atoms with van der Waals surface area (Å²) < 4.78 is 13.1. The van der Waals surface area contributed by atoms with Gasteiger partial charge < -0.3 is 4.42 Å². The average molecular weight is 361 g/mol. The van der Waals surface area contributed by atoms with Crippen LogP contribution in [0.2, 0.25) is 0 Å². The highest BCUT2D eigenvalue weighted by Gasteiger charge is 2.25. The number of nitrogens with zero attached hydrogens (tertiary/aromatic N) is 5. The molecule has 0 amide bonds. The monoisotopic (exact) mass is 361 g/mol. The lowest BCUT2D eigenvalue weighted by Gasteiger charge is -2.24. The fourth-order valence-electron chi connectivity index (χ4n) is 3.09. The zero-order valence-electron chi connectivity index (χ0n) is 13.5. The van der Waals surface area contributed by atoms with E-state index >= 15 is 0 Å². The molecule has 4 rings (SSSR count). The number of hydrogen-bond acceptors (Lipinski definition) is 7. The predicted octanol–water partition coefficient (Wildman–Crippen LogP) is 4.61. The van der Waals surface area contributed by atoms with Crippen molar-refractivity contribution in [2.75, 3.05) is 0 Å². The Hall–Kier alpha value is -1.67. The van der Waals surface area contributed by atoms with Gasteiger partial charge in [-0.15, -0.1) is 10.2 Å². The Kier molecular flexibility index (Phi) is 4.66. The summed E-state index contributed by atoms with van der Waals surface area (Å²) in [5.74, 6) is 2.47. The molecule has 0 aromatic carbocycles. The molecule has 0 unspecified atom stereocenters. The molecule has 0 saturated heterocycles. The van der Waals surface area contributed by atoms with E-state index in [4.69, 9.17) is 4.42 Å². The third kappa shape index (κ3) is 3.12. The minimum Gasteiger partial charge on any atom is -0.461 e. The van der Waals surface area contributed by atoms with Crippen molar-refractivity contribution in [2.45, 2.75) is 61.0 Å². The summed E-state index contributed by atoms with van der Waals surface area (Å²) in [5.41, 5.74) is 0. The lowest BCUT2D eigenvalue weighted by molar-refractivity contribution is 0.337. The largest absolute Gasteiger partial charge is 0.461 e. The van der Waals surface area contributed by atoms with Crippen molar-refractivity contribution < 1.29 is 4.42 Å². The molecule has 0 spiro atoms. The van der Waals surface area contributed by atoms with E-state index in [0.717, 1.165) is 46.2 Å². The van der Waals surface area contributed by atoms with E-state index in [-0.39, 0.29) is 0 Å². The van der Waals surface area contributed by atoms with Gasteiger partial charge in [0.05, 0.1) is 6.26 Å². The van der Waals surface area contributed by atoms with Crippen molar-refractivity contribution in [3.63, 3.8) is 0 Å². The van der Waals surface area contributed by atoms with Crippen LogP contribution in [-0.4, -0.2) is 24.1 Å². The summed E-state index contributed by atoms with van der Waals surface area (Å²) >= 11 is 2.98. The normalized spacial score (nSPS) is 15.9. The van der Waals surface area contributed by atoms with Gasteiger partial charge in [-0.1, -0.05) is 26.2 Å². The molecule has 24 heavy (non-hydrogen) atoms. The van der Waals surface area contributed by atoms with Crippen LogP contribution >= 0.6 is 23.3 Å². The molecular weight excluding hydrogens is 342 g/mol. The fourth-order valence-corrected chi connectivity index (χ4v) is 4.80. The molecule has 8 heteroatoms. The molecule has 0 aliphatic heterocycles. The number of aryl methyl sites for hydroxylation is 1. The number of aromatic nitrogens is 5. The zero-order valence-corrected chi connectivity index (χ0v) is 15.1. The van der Waals surface area contributed by atoms with E-state index in [1.165, 1.54) is 30.8 Å². The van der Waals surface area contributed by atoms with Crippen LogP contribution in [-0.2, 0) is 6.42 Å². The molecule has 3 heterocycles. The second-order valence-corrected chi connectivity index (χ2v) is 7.84. The van der Waals surface area contributed by atoms with Crippen molar-refractivity contribution in [3.8, 4) is 11.6 Å². The van der Waals surface area contributed by atoms with Gasteiger partial charge in [0.15, 0.2) is 15.3 Å². The van der Waals surface area contributed by atoms with E-state index in [1.807, 2.05) is 12.1 Å². The molecule has 0 radical (unpaired) electrons. The van der Waals surface area contributed by atoms with E-state index in [1.54, 1.807) is 18.0 Å². The molecule has 6 nitrogen and oxygen atoms in total. The van der Waals surface area contributed by atoms with Crippen LogP contribution in [0.25, 0.3) is 11.6 Å². The number of rotatable bonds is 5. The Morgan fingerprint density at radius 1 is 1.29 bits per heavy atom. The van der Waals surface area contributed by atoms with Crippen molar-refractivity contribution in [1.29, 1.82) is 0 Å². The highest BCUT2D eigenvalue weighted by molar-refractivity contribution is 8.00. The number of hydrogen-bond donors (Lipinski definition) is 0. The van der Waals surface area contributed by atoms with Crippen LogP contribution in [0.3, 0.4) is 0 Å². The molecule has 3 aromatic heterocycles. The Balaban J connectivity index is 1.70. The van der Waals surface area contributed by atoms with Crippen molar-refractivity contribution in [2.24, 2.45) is 0 Å². The Bertz CT molecular complexity index is 789. The van der Waals surface area contributed by atoms with Crippen LogP contribution in [0.15, 0.2) is 32.3 Å². The predicted molar refractivity (Wildman–Crippen MR) is 93.3 cm³/mol. The molecule has 0 atom stereocenters. The first-order valence-corrected chi connectivity index (χ1v) is 9.93. The fraction of sp³-hybridized carbons (Fsp3) is 0.500. The quantitative estimate of drug-likeness (QED) is 0.661. The summed E-state index contributed by atoms with van der Waals surface area (Å²) in [7, 11) is 0. The summed E-state index contributed by atoms with van der Waals surface area (Å²) in [4.78, 5) is 4.55. The first kappa shape index (κ1) is 15.8. The molecule has 1 aliphatic carbocycles. The third-order valence-electron chi connectivity index (χ3n) is 4.29. The molecule has 0 bridgehead atoms. The van der Waals surface area contributed by atoms with Gasteiger partial charge >= 0.3 is 0 Å². The molecule has 3 aromatic rings. The van der Waals surface area contributed by atoms with Gasteiger partial charge in [-0.3, -0.25) is 4.57 Å². The van der Waals surface area contributed by atoms with Crippen LogP contribution in [0, 0.1) is 0 Å². The second kappa shape index (κ2) is 7.06. The maximum atomic E-state index is 5.58. The maximum absolute atomic E-state index is 5.58. The molecule has 126 valence electrons. The Labute approximate surface area is 148 Å². The second-order valence-electron chi connectivity index (χ2n) is 5.88. The van der Waals surface area contributed by atoms with Crippen LogP contribution in [0.5, 0.6) is 0 Å². The highest BCUT2D eigenvalue weighted by Crippen LogP contribution is 2.38. The maximum Gasteiger partial charge on any atom is 0.200 e. The van der Waals surface area contributed by atoms with E-state index in [2.05, 4.69) is 31.0 Å². The summed E-state index contributed by atoms with van der Waals surface area (Å²) in [6, 6.07) is 4.26. The summed E-state index contributed by atoms with van der Waals surface area (Å²) in [6.45, 7) is 2.07. The molecule has 0 N–H and O–H groups in total. The van der Waals surface area contributed by atoms with Gasteiger partial charge in [0.1, 0.15) is 5.82 Å². The lowest BCUT2D eigenvalue weighted by atomic mass is 9.95. The standard InChI is InChI=1S/C16H19N5OS2/c1-2-13-17-16(24-20-13)23-15-19-18-14(12-9-6-10-22-12)21(15)11-7-4-3-5-8-11/h6,9-11H,2-5,7-8H2,1H3. The molecule has 1 saturated carbocycles. The van der Waals surface area contributed by atoms with E-state index < -0.39 is 0 Å². The Morgan fingerprint density at radius 3 is 2.88 bits per heavy atom. The molecule has 1 aliphatic rings. The van der Waals surface area contributed by atoms with Crippen molar-refractivity contribution >= 4 is 23.3 Å². The first-order valence-electron chi connectivity index (χ1n) is 8.34. The minimum absolute atomic E-state index is 0.426. The third-order valence-corrected chi connectivity index (χ3v) is 6.04. The molecule has 1 fully saturated rings. The first-order chi connectivity index (χ1) is 11.8. The van der Waals surface area contributed by atoms with Gasteiger partial charge in [-0.2, -0.15) is 4.37 Å². The lowest BCUT2D eigenvalue weighted by Crippen LogP contribution is -2.15. The summed E-state index contributed by atoms with van der Waals surface area (Å²) in [6.07, 6.45) is 8.68. The van der Waals surface area contributed by atoms with Crippen LogP contribution < -0.4 is 0 Å². The van der Waals surface area contributed by atoms with Gasteiger partial charge in [-0.25, -0.2) is 4.98 Å². The van der Waals surface area contributed by atoms with Gasteiger partial charge in [0.25, 0.3) is 0 Å². The van der Waals surface area contributed by atoms with Gasteiger partial charge in [-0.05, 0) is 48.3 Å². The SMILES string of the molecule is CCc1nsc(Sc2nnc(-c3ccco3)n2C2CCCCC2)n1. The van der Waals surface area contributed by atoms with E-state index in [9.17, 15) is 0 Å². The van der Waals surface area contributed by atoms with Crippen molar-refractivity contribution in [3.05, 3.63) is 24.2 Å². The van der Waals surface area contributed by atoms with Crippen molar-refractivity contribution in [1.82, 2.24) is 24.1 Å². The Morgan fingerprint density at radius 2 is 2.17 bits per heavy atom. The van der Waals surface area contributed by atoms with Gasteiger partial charge in [0.2, 0.25) is 5.82 Å².